The number of methoxy groups -OCH3 is 2. The molecular formula is C15H23N3O2. The van der Waals surface area contributed by atoms with Crippen molar-refractivity contribution in [3.8, 4) is 11.5 Å². The highest BCUT2D eigenvalue weighted by Crippen LogP contribution is 2.23. The lowest BCUT2D eigenvalue weighted by atomic mass is 9.88. The third-order valence-corrected chi connectivity index (χ3v) is 3.56. The van der Waals surface area contributed by atoms with Crippen LogP contribution in [0.4, 0.5) is 0 Å². The number of nitrogens with zero attached hydrogens (tertiary/aromatic N) is 1. The summed E-state index contributed by atoms with van der Waals surface area (Å²) in [4.78, 5) is 4.61. The summed E-state index contributed by atoms with van der Waals surface area (Å²) >= 11 is 0. The predicted octanol–water partition coefficient (Wildman–Crippen LogP) is 1.33. The van der Waals surface area contributed by atoms with Crippen molar-refractivity contribution >= 4 is 6.21 Å². The van der Waals surface area contributed by atoms with Gasteiger partial charge in [0.25, 0.3) is 0 Å². The van der Waals surface area contributed by atoms with Gasteiger partial charge in [0.15, 0.2) is 0 Å². The molecule has 1 unspecified atom stereocenters. The first kappa shape index (κ1) is 14.8. The van der Waals surface area contributed by atoms with Crippen molar-refractivity contribution in [2.45, 2.75) is 37.4 Å². The lowest BCUT2D eigenvalue weighted by molar-refractivity contribution is 0.354. The molecule has 0 spiro atoms. The Morgan fingerprint density at radius 2 is 1.55 bits per heavy atom. The lowest BCUT2D eigenvalue weighted by Gasteiger charge is -2.28. The second kappa shape index (κ2) is 6.72. The SMILES string of the molecule is COc1cc(C=NC2C[C@@H](N)C[C@@H](N)C2)cc(OC)c1. The number of hydrogen-bond acceptors (Lipinski definition) is 5. The van der Waals surface area contributed by atoms with Crippen LogP contribution in [0.3, 0.4) is 0 Å². The third-order valence-electron chi connectivity index (χ3n) is 3.56. The van der Waals surface area contributed by atoms with Crippen LogP contribution in [-0.2, 0) is 0 Å². The zero-order valence-electron chi connectivity index (χ0n) is 12.1. The Kier molecular flexibility index (Phi) is 4.98. The number of nitrogens with two attached hydrogens (primary N) is 2. The summed E-state index contributed by atoms with van der Waals surface area (Å²) in [5.74, 6) is 1.51. The summed E-state index contributed by atoms with van der Waals surface area (Å²) in [6, 6.07) is 6.19. The fourth-order valence-corrected chi connectivity index (χ4v) is 2.59. The Bertz CT molecular complexity index is 444. The zero-order valence-corrected chi connectivity index (χ0v) is 12.1. The van der Waals surface area contributed by atoms with Gasteiger partial charge in [0.2, 0.25) is 0 Å². The fourth-order valence-electron chi connectivity index (χ4n) is 2.59. The highest BCUT2D eigenvalue weighted by Gasteiger charge is 2.23. The number of ether oxygens (including phenoxy) is 2. The summed E-state index contributed by atoms with van der Waals surface area (Å²) in [6.07, 6.45) is 4.52. The van der Waals surface area contributed by atoms with Crippen molar-refractivity contribution in [1.82, 2.24) is 0 Å². The van der Waals surface area contributed by atoms with Crippen molar-refractivity contribution in [3.05, 3.63) is 23.8 Å². The Hall–Kier alpha value is -1.59. The van der Waals surface area contributed by atoms with Gasteiger partial charge in [-0.05, 0) is 37.0 Å². The predicted molar refractivity (Wildman–Crippen MR) is 80.7 cm³/mol. The molecule has 0 saturated heterocycles. The topological polar surface area (TPSA) is 82.9 Å². The van der Waals surface area contributed by atoms with Gasteiger partial charge in [-0.3, -0.25) is 4.99 Å². The van der Waals surface area contributed by atoms with E-state index in [1.54, 1.807) is 14.2 Å². The van der Waals surface area contributed by atoms with Gasteiger partial charge in [0.1, 0.15) is 11.5 Å². The Balaban J connectivity index is 2.10. The highest BCUT2D eigenvalue weighted by molar-refractivity contribution is 5.81. The third kappa shape index (κ3) is 3.95. The standard InChI is InChI=1S/C15H23N3O2/c1-19-14-3-10(4-15(8-14)20-2)9-18-13-6-11(16)5-12(17)7-13/h3-4,8-9,11-13H,5-7,16-17H2,1-2H3/t11-,12+,13?. The molecule has 1 aromatic carbocycles. The van der Waals surface area contributed by atoms with Gasteiger partial charge in [-0.15, -0.1) is 0 Å². The molecule has 0 bridgehead atoms. The highest BCUT2D eigenvalue weighted by atomic mass is 16.5. The molecule has 5 nitrogen and oxygen atoms in total. The maximum Gasteiger partial charge on any atom is 0.123 e. The second-order valence-corrected chi connectivity index (χ2v) is 5.31. The molecule has 20 heavy (non-hydrogen) atoms. The van der Waals surface area contributed by atoms with Crippen LogP contribution in [0.15, 0.2) is 23.2 Å². The van der Waals surface area contributed by atoms with Crippen LogP contribution in [0, 0.1) is 0 Å². The van der Waals surface area contributed by atoms with Gasteiger partial charge in [-0.2, -0.15) is 0 Å². The molecule has 4 N–H and O–H groups in total. The van der Waals surface area contributed by atoms with E-state index in [1.807, 2.05) is 24.4 Å². The summed E-state index contributed by atoms with van der Waals surface area (Å²) in [5.41, 5.74) is 12.9. The van der Waals surface area contributed by atoms with E-state index in [-0.39, 0.29) is 18.1 Å². The molecule has 1 fully saturated rings. The minimum absolute atomic E-state index is 0.153. The van der Waals surface area contributed by atoms with Gasteiger partial charge < -0.3 is 20.9 Å². The van der Waals surface area contributed by atoms with E-state index in [1.165, 1.54) is 0 Å². The average molecular weight is 277 g/mol. The molecule has 110 valence electrons. The van der Waals surface area contributed by atoms with Crippen LogP contribution in [-0.4, -0.2) is 38.6 Å². The molecule has 5 heteroatoms. The monoisotopic (exact) mass is 277 g/mol. The molecule has 0 radical (unpaired) electrons. The van der Waals surface area contributed by atoms with Crippen molar-refractivity contribution < 1.29 is 9.47 Å². The first-order valence-corrected chi connectivity index (χ1v) is 6.88. The quantitative estimate of drug-likeness (QED) is 0.813. The van der Waals surface area contributed by atoms with Gasteiger partial charge >= 0.3 is 0 Å². The van der Waals surface area contributed by atoms with E-state index in [0.717, 1.165) is 36.3 Å². The normalized spacial score (nSPS) is 26.7. The van der Waals surface area contributed by atoms with Crippen LogP contribution in [0.5, 0.6) is 11.5 Å². The Morgan fingerprint density at radius 3 is 2.05 bits per heavy atom. The molecule has 2 rings (SSSR count). The molecule has 0 amide bonds. The molecule has 1 aliphatic rings. The molecule has 0 aliphatic heterocycles. The summed E-state index contributed by atoms with van der Waals surface area (Å²) < 4.78 is 10.5. The van der Waals surface area contributed by atoms with Gasteiger partial charge in [0, 0.05) is 24.4 Å². The van der Waals surface area contributed by atoms with E-state index in [9.17, 15) is 0 Å². The van der Waals surface area contributed by atoms with Crippen molar-refractivity contribution in [2.75, 3.05) is 14.2 Å². The van der Waals surface area contributed by atoms with Gasteiger partial charge in [-0.25, -0.2) is 0 Å². The molecule has 1 saturated carbocycles. The van der Waals surface area contributed by atoms with Crippen molar-refractivity contribution in [3.63, 3.8) is 0 Å². The minimum atomic E-state index is 0.153. The van der Waals surface area contributed by atoms with Gasteiger partial charge in [-0.1, -0.05) is 0 Å². The van der Waals surface area contributed by atoms with Crippen molar-refractivity contribution in [2.24, 2.45) is 16.5 Å². The molecular weight excluding hydrogens is 254 g/mol. The van der Waals surface area contributed by atoms with E-state index in [0.29, 0.717) is 0 Å². The molecule has 0 aromatic heterocycles. The Labute approximate surface area is 120 Å². The van der Waals surface area contributed by atoms with E-state index in [4.69, 9.17) is 20.9 Å². The van der Waals surface area contributed by atoms with Crippen LogP contribution in [0.2, 0.25) is 0 Å². The first-order chi connectivity index (χ1) is 9.60. The molecule has 0 heterocycles. The smallest absolute Gasteiger partial charge is 0.123 e. The van der Waals surface area contributed by atoms with Crippen LogP contribution in [0.1, 0.15) is 24.8 Å². The second-order valence-electron chi connectivity index (χ2n) is 5.31. The Morgan fingerprint density at radius 1 is 1.00 bits per heavy atom. The summed E-state index contributed by atoms with van der Waals surface area (Å²) in [5, 5.41) is 0. The maximum absolute atomic E-state index is 5.98. The number of rotatable bonds is 4. The molecule has 1 aromatic rings. The zero-order chi connectivity index (χ0) is 14.5. The van der Waals surface area contributed by atoms with Crippen LogP contribution in [0.25, 0.3) is 0 Å². The summed E-state index contributed by atoms with van der Waals surface area (Å²) in [7, 11) is 3.27. The molecule has 1 aliphatic carbocycles. The summed E-state index contributed by atoms with van der Waals surface area (Å²) in [6.45, 7) is 0. The largest absolute Gasteiger partial charge is 0.497 e. The fraction of sp³-hybridized carbons (Fsp3) is 0.533. The minimum Gasteiger partial charge on any atom is -0.497 e. The van der Waals surface area contributed by atoms with Crippen LogP contribution >= 0.6 is 0 Å². The van der Waals surface area contributed by atoms with Crippen LogP contribution < -0.4 is 20.9 Å². The van der Waals surface area contributed by atoms with E-state index < -0.39 is 0 Å². The maximum atomic E-state index is 5.98. The molecule has 3 atom stereocenters. The van der Waals surface area contributed by atoms with E-state index in [2.05, 4.69) is 4.99 Å². The number of benzene rings is 1. The average Bonchev–Trinajstić information content (AvgIpc) is 2.43. The van der Waals surface area contributed by atoms with E-state index >= 15 is 0 Å². The number of aliphatic imine (C=N–C) groups is 1. The first-order valence-electron chi connectivity index (χ1n) is 6.88. The van der Waals surface area contributed by atoms with Crippen molar-refractivity contribution in [1.29, 1.82) is 0 Å². The lowest BCUT2D eigenvalue weighted by Crippen LogP contribution is -2.41. The van der Waals surface area contributed by atoms with Gasteiger partial charge in [0.05, 0.1) is 20.3 Å². The number of hydrogen-bond donors (Lipinski definition) is 2.